The summed E-state index contributed by atoms with van der Waals surface area (Å²) in [6, 6.07) is 4.02. The van der Waals surface area contributed by atoms with Crippen LogP contribution < -0.4 is 0 Å². The van der Waals surface area contributed by atoms with E-state index in [0.29, 0.717) is 39.5 Å². The quantitative estimate of drug-likeness (QED) is 0.837. The highest BCUT2D eigenvalue weighted by atomic mass is 16.5. The summed E-state index contributed by atoms with van der Waals surface area (Å²) in [5, 5.41) is 0. The summed E-state index contributed by atoms with van der Waals surface area (Å²) in [6.45, 7) is 4.70. The number of pyridine rings is 1. The zero-order chi connectivity index (χ0) is 14.5. The Bertz CT molecular complexity index is 462. The van der Waals surface area contributed by atoms with Gasteiger partial charge >= 0.3 is 6.03 Å². The maximum atomic E-state index is 12.4. The fourth-order valence-corrected chi connectivity index (χ4v) is 2.69. The molecule has 1 unspecified atom stereocenters. The van der Waals surface area contributed by atoms with Gasteiger partial charge in [-0.15, -0.1) is 0 Å². The summed E-state index contributed by atoms with van der Waals surface area (Å²) in [5.41, 5.74) is 1.11. The SMILES string of the molecule is O=C(N1CCOCC1)N1CCC(OCc2ccncc2)C1. The monoisotopic (exact) mass is 291 g/mol. The maximum Gasteiger partial charge on any atom is 0.320 e. The van der Waals surface area contributed by atoms with Crippen molar-refractivity contribution in [3.05, 3.63) is 30.1 Å². The van der Waals surface area contributed by atoms with Crippen molar-refractivity contribution in [3.8, 4) is 0 Å². The van der Waals surface area contributed by atoms with Crippen molar-refractivity contribution in [3.63, 3.8) is 0 Å². The number of aromatic nitrogens is 1. The van der Waals surface area contributed by atoms with Gasteiger partial charge in [-0.25, -0.2) is 4.79 Å². The van der Waals surface area contributed by atoms with Crippen molar-refractivity contribution >= 4 is 6.03 Å². The molecule has 1 atom stereocenters. The molecule has 3 rings (SSSR count). The van der Waals surface area contributed by atoms with E-state index < -0.39 is 0 Å². The van der Waals surface area contributed by atoms with Gasteiger partial charge in [0, 0.05) is 38.6 Å². The van der Waals surface area contributed by atoms with Crippen LogP contribution in [0, 0.1) is 0 Å². The molecular weight excluding hydrogens is 270 g/mol. The summed E-state index contributed by atoms with van der Waals surface area (Å²) in [7, 11) is 0. The van der Waals surface area contributed by atoms with Crippen LogP contribution >= 0.6 is 0 Å². The second kappa shape index (κ2) is 6.87. The Morgan fingerprint density at radius 1 is 1.24 bits per heavy atom. The fraction of sp³-hybridized carbons (Fsp3) is 0.600. The predicted molar refractivity (Wildman–Crippen MR) is 76.8 cm³/mol. The minimum absolute atomic E-state index is 0.119. The van der Waals surface area contributed by atoms with Gasteiger partial charge in [0.1, 0.15) is 0 Å². The molecule has 2 aliphatic rings. The number of carbonyl (C=O) groups is 1. The minimum Gasteiger partial charge on any atom is -0.378 e. The summed E-state index contributed by atoms with van der Waals surface area (Å²) in [6.07, 6.45) is 4.56. The summed E-state index contributed by atoms with van der Waals surface area (Å²) < 4.78 is 11.2. The largest absolute Gasteiger partial charge is 0.378 e. The summed E-state index contributed by atoms with van der Waals surface area (Å²) in [4.78, 5) is 20.1. The normalized spacial score (nSPS) is 22.6. The highest BCUT2D eigenvalue weighted by molar-refractivity contribution is 5.74. The van der Waals surface area contributed by atoms with E-state index in [2.05, 4.69) is 4.98 Å². The molecule has 0 aliphatic carbocycles. The molecule has 1 aromatic rings. The standard InChI is InChI=1S/C15H21N3O3/c19-15(17-7-9-20-10-8-17)18-6-3-14(11-18)21-12-13-1-4-16-5-2-13/h1-2,4-5,14H,3,6-12H2. The molecule has 0 radical (unpaired) electrons. The number of likely N-dealkylation sites (tertiary alicyclic amines) is 1. The molecule has 6 heteroatoms. The van der Waals surface area contributed by atoms with Gasteiger partial charge in [-0.1, -0.05) is 0 Å². The topological polar surface area (TPSA) is 54.9 Å². The summed E-state index contributed by atoms with van der Waals surface area (Å²) in [5.74, 6) is 0. The van der Waals surface area contributed by atoms with Crippen molar-refractivity contribution in [2.45, 2.75) is 19.1 Å². The second-order valence-electron chi connectivity index (χ2n) is 5.41. The van der Waals surface area contributed by atoms with Crippen LogP contribution in [0.25, 0.3) is 0 Å². The number of hydrogen-bond acceptors (Lipinski definition) is 4. The van der Waals surface area contributed by atoms with E-state index in [-0.39, 0.29) is 12.1 Å². The number of ether oxygens (including phenoxy) is 2. The Labute approximate surface area is 124 Å². The molecule has 2 aliphatic heterocycles. The molecule has 21 heavy (non-hydrogen) atoms. The Morgan fingerprint density at radius 2 is 2.00 bits per heavy atom. The maximum absolute atomic E-state index is 12.4. The van der Waals surface area contributed by atoms with Crippen LogP contribution in [0.2, 0.25) is 0 Å². The molecule has 0 aromatic carbocycles. The van der Waals surface area contributed by atoms with Crippen molar-refractivity contribution in [2.75, 3.05) is 39.4 Å². The zero-order valence-electron chi connectivity index (χ0n) is 12.1. The average Bonchev–Trinajstić information content (AvgIpc) is 3.03. The van der Waals surface area contributed by atoms with E-state index in [1.54, 1.807) is 12.4 Å². The molecule has 1 aromatic heterocycles. The van der Waals surface area contributed by atoms with E-state index in [4.69, 9.17) is 9.47 Å². The Hall–Kier alpha value is -1.66. The lowest BCUT2D eigenvalue weighted by molar-refractivity contribution is 0.0353. The highest BCUT2D eigenvalue weighted by Gasteiger charge is 2.30. The number of urea groups is 1. The molecule has 2 fully saturated rings. The first-order valence-electron chi connectivity index (χ1n) is 7.45. The molecule has 114 valence electrons. The molecule has 0 saturated carbocycles. The average molecular weight is 291 g/mol. The van der Waals surface area contributed by atoms with Gasteiger partial charge in [0.05, 0.1) is 25.9 Å². The fourth-order valence-electron chi connectivity index (χ4n) is 2.69. The van der Waals surface area contributed by atoms with Crippen molar-refractivity contribution in [2.24, 2.45) is 0 Å². The van der Waals surface area contributed by atoms with Gasteiger partial charge in [-0.3, -0.25) is 4.98 Å². The lowest BCUT2D eigenvalue weighted by Gasteiger charge is -2.30. The molecule has 6 nitrogen and oxygen atoms in total. The number of nitrogens with zero attached hydrogens (tertiary/aromatic N) is 3. The lowest BCUT2D eigenvalue weighted by atomic mass is 10.3. The molecular formula is C15H21N3O3. The van der Waals surface area contributed by atoms with Crippen LogP contribution in [-0.4, -0.2) is 66.3 Å². The van der Waals surface area contributed by atoms with Crippen molar-refractivity contribution < 1.29 is 14.3 Å². The number of hydrogen-bond donors (Lipinski definition) is 0. The van der Waals surface area contributed by atoms with Crippen LogP contribution in [0.3, 0.4) is 0 Å². The van der Waals surface area contributed by atoms with E-state index in [1.165, 1.54) is 0 Å². The number of amides is 2. The molecule has 0 spiro atoms. The third kappa shape index (κ3) is 3.71. The van der Waals surface area contributed by atoms with Crippen LogP contribution in [0.4, 0.5) is 4.79 Å². The number of rotatable bonds is 3. The van der Waals surface area contributed by atoms with Crippen LogP contribution in [0.5, 0.6) is 0 Å². The third-order valence-corrected chi connectivity index (χ3v) is 3.93. The lowest BCUT2D eigenvalue weighted by Crippen LogP contribution is -2.47. The third-order valence-electron chi connectivity index (χ3n) is 3.93. The van der Waals surface area contributed by atoms with E-state index in [0.717, 1.165) is 18.5 Å². The zero-order valence-corrected chi connectivity index (χ0v) is 12.1. The Morgan fingerprint density at radius 3 is 2.76 bits per heavy atom. The van der Waals surface area contributed by atoms with E-state index in [1.807, 2.05) is 21.9 Å². The first-order valence-corrected chi connectivity index (χ1v) is 7.45. The second-order valence-corrected chi connectivity index (χ2v) is 5.41. The van der Waals surface area contributed by atoms with Gasteiger partial charge in [0.25, 0.3) is 0 Å². The van der Waals surface area contributed by atoms with E-state index in [9.17, 15) is 4.79 Å². The Kier molecular flexibility index (Phi) is 4.67. The van der Waals surface area contributed by atoms with E-state index >= 15 is 0 Å². The number of carbonyl (C=O) groups excluding carboxylic acids is 1. The minimum atomic E-state index is 0.119. The van der Waals surface area contributed by atoms with Crippen molar-refractivity contribution in [1.82, 2.24) is 14.8 Å². The van der Waals surface area contributed by atoms with Crippen LogP contribution in [0.15, 0.2) is 24.5 Å². The smallest absolute Gasteiger partial charge is 0.320 e. The van der Waals surface area contributed by atoms with Crippen molar-refractivity contribution in [1.29, 1.82) is 0 Å². The van der Waals surface area contributed by atoms with Gasteiger partial charge in [0.15, 0.2) is 0 Å². The summed E-state index contributed by atoms with van der Waals surface area (Å²) >= 11 is 0. The highest BCUT2D eigenvalue weighted by Crippen LogP contribution is 2.17. The Balaban J connectivity index is 1.45. The molecule has 3 heterocycles. The molecule has 0 bridgehead atoms. The molecule has 2 amide bonds. The predicted octanol–water partition coefficient (Wildman–Crippen LogP) is 1.12. The van der Waals surface area contributed by atoms with Gasteiger partial charge in [-0.05, 0) is 24.1 Å². The first kappa shape index (κ1) is 14.3. The van der Waals surface area contributed by atoms with Crippen LogP contribution in [0.1, 0.15) is 12.0 Å². The van der Waals surface area contributed by atoms with Crippen LogP contribution in [-0.2, 0) is 16.1 Å². The molecule has 2 saturated heterocycles. The van der Waals surface area contributed by atoms with Gasteiger partial charge in [-0.2, -0.15) is 0 Å². The van der Waals surface area contributed by atoms with Gasteiger partial charge in [0.2, 0.25) is 0 Å². The first-order chi connectivity index (χ1) is 10.3. The number of morpholine rings is 1. The van der Waals surface area contributed by atoms with Gasteiger partial charge < -0.3 is 19.3 Å². The molecule has 0 N–H and O–H groups in total.